The maximum absolute atomic E-state index is 11.9. The Labute approximate surface area is 89.5 Å². The maximum atomic E-state index is 11.9. The smallest absolute Gasteiger partial charge is 0.234 e. The molecule has 1 rings (SSSR count). The van der Waals surface area contributed by atoms with E-state index in [2.05, 4.69) is 15.3 Å². The van der Waals surface area contributed by atoms with Crippen LogP contribution >= 0.6 is 0 Å². The van der Waals surface area contributed by atoms with E-state index in [1.54, 1.807) is 12.4 Å². The second kappa shape index (κ2) is 3.66. The van der Waals surface area contributed by atoms with Gasteiger partial charge in [-0.3, -0.25) is 10.1 Å². The van der Waals surface area contributed by atoms with Crippen molar-refractivity contribution in [3.05, 3.63) is 12.4 Å². The van der Waals surface area contributed by atoms with Crippen molar-refractivity contribution < 1.29 is 4.79 Å². The van der Waals surface area contributed by atoms with Crippen LogP contribution in [0.2, 0.25) is 0 Å². The van der Waals surface area contributed by atoms with Gasteiger partial charge in [0.2, 0.25) is 11.9 Å². The van der Waals surface area contributed by atoms with E-state index in [9.17, 15) is 4.79 Å². The van der Waals surface area contributed by atoms with Gasteiger partial charge in [-0.05, 0) is 27.7 Å². The molecule has 0 spiro atoms. The van der Waals surface area contributed by atoms with Gasteiger partial charge in [0.15, 0.2) is 0 Å². The molecule has 1 heterocycles. The standard InChI is InChI=1S/C10H18N4O/c1-9(2,10(3,4)11)7(15)14-8-12-5-6-13-8/h5-6H,11H2,1-4H3,(H2,12,13,14,15). The number of aromatic amines is 1. The molecule has 0 unspecified atom stereocenters. The van der Waals surface area contributed by atoms with E-state index in [1.807, 2.05) is 27.7 Å². The number of hydrogen-bond acceptors (Lipinski definition) is 3. The number of hydrogen-bond donors (Lipinski definition) is 3. The number of rotatable bonds is 3. The number of aromatic nitrogens is 2. The Morgan fingerprint density at radius 2 is 2.07 bits per heavy atom. The zero-order chi connectivity index (χ0) is 11.7. The third kappa shape index (κ3) is 2.36. The molecule has 0 aliphatic carbocycles. The van der Waals surface area contributed by atoms with Crippen molar-refractivity contribution >= 4 is 11.9 Å². The van der Waals surface area contributed by atoms with Crippen molar-refractivity contribution in [2.75, 3.05) is 5.32 Å². The first-order chi connectivity index (χ1) is 6.75. The molecule has 4 N–H and O–H groups in total. The Balaban J connectivity index is 2.77. The molecule has 1 amide bonds. The molecule has 0 bridgehead atoms. The van der Waals surface area contributed by atoms with E-state index >= 15 is 0 Å². The van der Waals surface area contributed by atoms with E-state index in [0.29, 0.717) is 5.95 Å². The van der Waals surface area contributed by atoms with Crippen LogP contribution in [0.15, 0.2) is 12.4 Å². The second-order valence-electron chi connectivity index (χ2n) is 4.74. The largest absolute Gasteiger partial charge is 0.331 e. The Morgan fingerprint density at radius 1 is 1.47 bits per heavy atom. The van der Waals surface area contributed by atoms with Gasteiger partial charge in [0.1, 0.15) is 0 Å². The van der Waals surface area contributed by atoms with Gasteiger partial charge in [-0.15, -0.1) is 0 Å². The number of imidazole rings is 1. The lowest BCUT2D eigenvalue weighted by Gasteiger charge is -2.36. The molecular weight excluding hydrogens is 192 g/mol. The van der Waals surface area contributed by atoms with Crippen molar-refractivity contribution in [3.63, 3.8) is 0 Å². The lowest BCUT2D eigenvalue weighted by Crippen LogP contribution is -2.53. The van der Waals surface area contributed by atoms with Crippen LogP contribution in [0.25, 0.3) is 0 Å². The van der Waals surface area contributed by atoms with Gasteiger partial charge in [-0.25, -0.2) is 4.98 Å². The maximum Gasteiger partial charge on any atom is 0.234 e. The van der Waals surface area contributed by atoms with E-state index in [0.717, 1.165) is 0 Å². The molecule has 1 aromatic heterocycles. The minimum absolute atomic E-state index is 0.148. The molecule has 0 atom stereocenters. The van der Waals surface area contributed by atoms with Crippen LogP contribution in [0.3, 0.4) is 0 Å². The SMILES string of the molecule is CC(C)(N)C(C)(C)C(=O)Nc1ncc[nH]1. The van der Waals surface area contributed by atoms with Gasteiger partial charge in [0.05, 0.1) is 5.41 Å². The van der Waals surface area contributed by atoms with Gasteiger partial charge in [-0.2, -0.15) is 0 Å². The van der Waals surface area contributed by atoms with Crippen molar-refractivity contribution in [2.24, 2.45) is 11.1 Å². The quantitative estimate of drug-likeness (QED) is 0.698. The molecule has 1 aromatic rings. The first-order valence-electron chi connectivity index (χ1n) is 4.85. The Morgan fingerprint density at radius 3 is 2.47 bits per heavy atom. The zero-order valence-corrected chi connectivity index (χ0v) is 9.59. The van der Waals surface area contributed by atoms with Gasteiger partial charge in [-0.1, -0.05) is 0 Å². The number of nitrogens with zero attached hydrogens (tertiary/aromatic N) is 1. The number of carbonyl (C=O) groups excluding carboxylic acids is 1. The minimum atomic E-state index is -0.667. The molecule has 0 aromatic carbocycles. The second-order valence-corrected chi connectivity index (χ2v) is 4.74. The number of anilines is 1. The summed E-state index contributed by atoms with van der Waals surface area (Å²) in [5.41, 5.74) is 4.69. The third-order valence-corrected chi connectivity index (χ3v) is 2.91. The lowest BCUT2D eigenvalue weighted by atomic mass is 9.74. The highest BCUT2D eigenvalue weighted by molar-refractivity contribution is 5.94. The number of carbonyl (C=O) groups is 1. The summed E-state index contributed by atoms with van der Waals surface area (Å²) in [6.07, 6.45) is 3.23. The number of nitrogens with one attached hydrogen (secondary N) is 2. The van der Waals surface area contributed by atoms with Crippen molar-refractivity contribution in [3.8, 4) is 0 Å². The molecule has 0 saturated heterocycles. The van der Waals surface area contributed by atoms with Crippen LogP contribution in [0.5, 0.6) is 0 Å². The van der Waals surface area contributed by atoms with E-state index in [-0.39, 0.29) is 5.91 Å². The first kappa shape index (κ1) is 11.7. The summed E-state index contributed by atoms with van der Waals surface area (Å²) in [4.78, 5) is 18.7. The van der Waals surface area contributed by atoms with E-state index < -0.39 is 11.0 Å². The zero-order valence-electron chi connectivity index (χ0n) is 9.59. The Hall–Kier alpha value is -1.36. The van der Waals surface area contributed by atoms with Gasteiger partial charge < -0.3 is 10.7 Å². The van der Waals surface area contributed by atoms with Crippen molar-refractivity contribution in [1.29, 1.82) is 0 Å². The van der Waals surface area contributed by atoms with Gasteiger partial charge >= 0.3 is 0 Å². The topological polar surface area (TPSA) is 83.8 Å². The molecule has 0 fully saturated rings. The lowest BCUT2D eigenvalue weighted by molar-refractivity contribution is -0.126. The molecule has 0 aliphatic rings. The van der Waals surface area contributed by atoms with Crippen LogP contribution in [0, 0.1) is 5.41 Å². The summed E-state index contributed by atoms with van der Waals surface area (Å²) in [7, 11) is 0. The summed E-state index contributed by atoms with van der Waals surface area (Å²) in [6.45, 7) is 7.28. The number of nitrogens with two attached hydrogens (primary N) is 1. The molecule has 5 heteroatoms. The van der Waals surface area contributed by atoms with Crippen LogP contribution in [0.4, 0.5) is 5.95 Å². The normalized spacial score (nSPS) is 12.6. The van der Waals surface area contributed by atoms with Crippen LogP contribution in [-0.2, 0) is 4.79 Å². The predicted molar refractivity (Wildman–Crippen MR) is 59.3 cm³/mol. The highest BCUT2D eigenvalue weighted by Gasteiger charge is 2.40. The average molecular weight is 210 g/mol. The molecule has 0 radical (unpaired) electrons. The van der Waals surface area contributed by atoms with Crippen LogP contribution < -0.4 is 11.1 Å². The average Bonchev–Trinajstić information content (AvgIpc) is 2.54. The summed E-state index contributed by atoms with van der Waals surface area (Å²) in [5, 5.41) is 2.68. The number of H-pyrrole nitrogens is 1. The fourth-order valence-corrected chi connectivity index (χ4v) is 0.890. The van der Waals surface area contributed by atoms with Crippen LogP contribution in [0.1, 0.15) is 27.7 Å². The van der Waals surface area contributed by atoms with Crippen molar-refractivity contribution in [1.82, 2.24) is 9.97 Å². The highest BCUT2D eigenvalue weighted by atomic mass is 16.2. The fraction of sp³-hybridized carbons (Fsp3) is 0.600. The highest BCUT2D eigenvalue weighted by Crippen LogP contribution is 2.29. The van der Waals surface area contributed by atoms with Crippen molar-refractivity contribution in [2.45, 2.75) is 33.2 Å². The summed E-state index contributed by atoms with van der Waals surface area (Å²) >= 11 is 0. The molecular formula is C10H18N4O. The first-order valence-corrected chi connectivity index (χ1v) is 4.85. The molecule has 0 aliphatic heterocycles. The van der Waals surface area contributed by atoms with E-state index in [1.165, 1.54) is 0 Å². The van der Waals surface area contributed by atoms with E-state index in [4.69, 9.17) is 5.73 Å². The number of amides is 1. The third-order valence-electron chi connectivity index (χ3n) is 2.91. The van der Waals surface area contributed by atoms with Gasteiger partial charge in [0, 0.05) is 17.9 Å². The Bertz CT molecular complexity index is 335. The molecule has 15 heavy (non-hydrogen) atoms. The van der Waals surface area contributed by atoms with Gasteiger partial charge in [0.25, 0.3) is 0 Å². The summed E-state index contributed by atoms with van der Waals surface area (Å²) < 4.78 is 0. The fourth-order valence-electron chi connectivity index (χ4n) is 0.890. The summed E-state index contributed by atoms with van der Waals surface area (Å²) in [5.74, 6) is 0.294. The molecule has 5 nitrogen and oxygen atoms in total. The monoisotopic (exact) mass is 210 g/mol. The Kier molecular flexibility index (Phi) is 2.86. The predicted octanol–water partition coefficient (Wildman–Crippen LogP) is 1.11. The minimum Gasteiger partial charge on any atom is -0.331 e. The molecule has 84 valence electrons. The summed E-state index contributed by atoms with van der Waals surface area (Å²) in [6, 6.07) is 0. The molecule has 0 saturated carbocycles. The van der Waals surface area contributed by atoms with Crippen LogP contribution in [-0.4, -0.2) is 21.4 Å².